The fourth-order valence-electron chi connectivity index (χ4n) is 0. The summed E-state index contributed by atoms with van der Waals surface area (Å²) in [5.74, 6) is 0. The van der Waals surface area contributed by atoms with Gasteiger partial charge in [-0.2, -0.15) is 0 Å². The Kier molecular flexibility index (Phi) is 2020. The van der Waals surface area contributed by atoms with Gasteiger partial charge in [0.15, 0.2) is 0 Å². The summed E-state index contributed by atoms with van der Waals surface area (Å²) >= 11 is 0. The van der Waals surface area contributed by atoms with E-state index in [1.54, 1.807) is 0 Å². The molecule has 4 heavy (non-hydrogen) atoms. The minimum absolute atomic E-state index is 0. The third-order valence-corrected chi connectivity index (χ3v) is 0. The van der Waals surface area contributed by atoms with Crippen LogP contribution in [0.4, 0.5) is 0 Å². The van der Waals surface area contributed by atoms with Gasteiger partial charge in [0, 0.05) is 0 Å². The van der Waals surface area contributed by atoms with Crippen molar-refractivity contribution < 1.29 is 14.1 Å². The van der Waals surface area contributed by atoms with Gasteiger partial charge >= 0.3 is 26.2 Å². The van der Waals surface area contributed by atoms with Crippen LogP contribution in [0.5, 0.6) is 0 Å². The van der Waals surface area contributed by atoms with E-state index in [0.717, 1.165) is 0 Å². The van der Waals surface area contributed by atoms with Crippen LogP contribution in [-0.4, -0.2) is 26.2 Å². The second-order valence-corrected chi connectivity index (χ2v) is 0. The second kappa shape index (κ2) is 57.9. The largest absolute Gasteiger partial charge is 1.00 e. The molecule has 0 bridgehead atoms. The third kappa shape index (κ3) is 16.5. The van der Waals surface area contributed by atoms with Crippen LogP contribution >= 0.6 is 0 Å². The number of hydrogen-bond acceptors (Lipinski definition) is 0. The van der Waals surface area contributed by atoms with E-state index in [1.807, 2.05) is 0 Å². The van der Waals surface area contributed by atoms with Crippen LogP contribution in [0.2, 0.25) is 0 Å². The molecule has 3 radical (unpaired) electrons. The molecular formula is H3BiF3. The molecule has 0 aromatic rings. The maximum atomic E-state index is 0. The number of halogens is 3. The Bertz CT molecular complexity index is 3.25. The van der Waals surface area contributed by atoms with Gasteiger partial charge in [-0.05, 0) is 0 Å². The molecule has 0 saturated carbocycles. The molecule has 0 nitrogen and oxygen atoms in total. The maximum absolute atomic E-state index is 0. The van der Waals surface area contributed by atoms with Crippen LogP contribution in [-0.2, 0) is 0 Å². The number of rotatable bonds is 0. The van der Waals surface area contributed by atoms with Crippen molar-refractivity contribution in [2.75, 3.05) is 0 Å². The van der Waals surface area contributed by atoms with E-state index >= 15 is 0 Å². The maximum Gasteiger partial charge on any atom is -1.00 e. The van der Waals surface area contributed by atoms with Crippen molar-refractivity contribution in [1.82, 2.24) is 0 Å². The van der Waals surface area contributed by atoms with Gasteiger partial charge in [-0.15, -0.1) is 0 Å². The van der Waals surface area contributed by atoms with Crippen molar-refractivity contribution in [3.05, 3.63) is 0 Å². The summed E-state index contributed by atoms with van der Waals surface area (Å²) in [7, 11) is 0. The van der Waals surface area contributed by atoms with Crippen molar-refractivity contribution >= 4 is 26.2 Å². The molecule has 0 aromatic heterocycles. The average molecular weight is 269 g/mol. The average Bonchev–Trinajstić information content (AvgIpc) is 0. The van der Waals surface area contributed by atoms with E-state index in [-0.39, 0.29) is 40.3 Å². The van der Waals surface area contributed by atoms with Gasteiger partial charge in [-0.1, -0.05) is 0 Å². The first kappa shape index (κ1) is 139. The SMILES string of the molecule is [BiH3+3].[F-].[F-].[F-]. The van der Waals surface area contributed by atoms with Gasteiger partial charge in [-0.3, -0.25) is 0 Å². The van der Waals surface area contributed by atoms with Gasteiger partial charge in [0.25, 0.3) is 0 Å². The quantitative estimate of drug-likeness (QED) is 0.383. The zero-order valence-electron chi connectivity index (χ0n) is 1.84. The normalized spacial score (nSPS) is 0. The predicted molar refractivity (Wildman–Crippen MR) is 9.94 cm³/mol. The molecular weight excluding hydrogens is 266 g/mol. The molecule has 0 aromatic carbocycles. The van der Waals surface area contributed by atoms with Crippen LogP contribution in [0.1, 0.15) is 0 Å². The summed E-state index contributed by atoms with van der Waals surface area (Å²) in [5, 5.41) is 0. The van der Waals surface area contributed by atoms with Gasteiger partial charge in [0.1, 0.15) is 0 Å². The topological polar surface area (TPSA) is 0 Å². The zero-order chi connectivity index (χ0) is 0. The van der Waals surface area contributed by atoms with E-state index in [0.29, 0.717) is 0 Å². The molecule has 0 saturated heterocycles. The molecule has 0 rings (SSSR count). The van der Waals surface area contributed by atoms with E-state index in [9.17, 15) is 0 Å². The van der Waals surface area contributed by atoms with Crippen LogP contribution in [0, 0.1) is 0 Å². The molecule has 0 aliphatic heterocycles. The molecule has 0 atom stereocenters. The van der Waals surface area contributed by atoms with Gasteiger partial charge in [-0.25, -0.2) is 0 Å². The summed E-state index contributed by atoms with van der Waals surface area (Å²) < 4.78 is 0. The Morgan fingerprint density at radius 3 is 0.500 bits per heavy atom. The molecule has 0 amide bonds. The Hall–Kier alpha value is 0.673. The summed E-state index contributed by atoms with van der Waals surface area (Å²) in [6.07, 6.45) is 0. The minimum atomic E-state index is 0. The first-order valence-electron chi connectivity index (χ1n) is 0. The molecule has 0 aliphatic rings. The van der Waals surface area contributed by atoms with E-state index in [4.69, 9.17) is 0 Å². The number of hydrogen-bond donors (Lipinski definition) is 0. The summed E-state index contributed by atoms with van der Waals surface area (Å²) in [6, 6.07) is 0. The van der Waals surface area contributed by atoms with Gasteiger partial charge in [0.05, 0.1) is 0 Å². The summed E-state index contributed by atoms with van der Waals surface area (Å²) in [4.78, 5) is 0. The molecule has 0 spiro atoms. The van der Waals surface area contributed by atoms with E-state index in [2.05, 4.69) is 0 Å². The predicted octanol–water partition coefficient (Wildman–Crippen LogP) is -10.2. The first-order chi connectivity index (χ1) is 0. The third-order valence-electron chi connectivity index (χ3n) is 0. The van der Waals surface area contributed by atoms with Crippen molar-refractivity contribution in [3.63, 3.8) is 0 Å². The smallest absolute Gasteiger partial charge is 1.00 e. The summed E-state index contributed by atoms with van der Waals surface area (Å²) in [6.45, 7) is 0. The molecule has 29 valence electrons. The second-order valence-electron chi connectivity index (χ2n) is 0. The van der Waals surface area contributed by atoms with Crippen LogP contribution in [0.3, 0.4) is 0 Å². The van der Waals surface area contributed by atoms with Crippen molar-refractivity contribution in [3.8, 4) is 0 Å². The standard InChI is InChI=1S/Bi.3FH.3H/h;3*1H;;;/q+3;;;;;;/p-3. The fraction of sp³-hybridized carbons (Fsp3) is 0. The monoisotopic (exact) mass is 269 g/mol. The van der Waals surface area contributed by atoms with E-state index in [1.165, 1.54) is 0 Å². The molecule has 0 aliphatic carbocycles. The zero-order valence-corrected chi connectivity index (χ0v) is 7.34. The van der Waals surface area contributed by atoms with Crippen molar-refractivity contribution in [2.24, 2.45) is 0 Å². The Balaban J connectivity index is 0. The van der Waals surface area contributed by atoms with Crippen LogP contribution < -0.4 is 14.1 Å². The molecule has 0 N–H and O–H groups in total. The van der Waals surface area contributed by atoms with E-state index < -0.39 is 0 Å². The Morgan fingerprint density at radius 2 is 0.500 bits per heavy atom. The van der Waals surface area contributed by atoms with Gasteiger partial charge in [0.2, 0.25) is 0 Å². The Morgan fingerprint density at radius 1 is 0.500 bits per heavy atom. The molecule has 0 heterocycles. The van der Waals surface area contributed by atoms with Crippen LogP contribution in [0.25, 0.3) is 0 Å². The van der Waals surface area contributed by atoms with Crippen molar-refractivity contribution in [1.29, 1.82) is 0 Å². The van der Waals surface area contributed by atoms with Gasteiger partial charge < -0.3 is 14.1 Å². The molecule has 0 unspecified atom stereocenters. The minimum Gasteiger partial charge on any atom is -1.00 e. The van der Waals surface area contributed by atoms with Crippen LogP contribution in [0.15, 0.2) is 0 Å². The molecule has 4 heteroatoms. The Labute approximate surface area is 40.8 Å². The first-order valence-corrected chi connectivity index (χ1v) is 0. The summed E-state index contributed by atoms with van der Waals surface area (Å²) in [5.41, 5.74) is 0. The van der Waals surface area contributed by atoms with Crippen molar-refractivity contribution in [2.45, 2.75) is 0 Å². The fourth-order valence-corrected chi connectivity index (χ4v) is 0. The molecule has 0 fully saturated rings.